The van der Waals surface area contributed by atoms with Crippen LogP contribution in [0.1, 0.15) is 22.7 Å². The molecule has 4 nitrogen and oxygen atoms in total. The van der Waals surface area contributed by atoms with Gasteiger partial charge in [0.1, 0.15) is 5.82 Å². The molecule has 3 aromatic carbocycles. The minimum Gasteiger partial charge on any atom is -0.366 e. The van der Waals surface area contributed by atoms with Crippen LogP contribution >= 0.6 is 11.6 Å². The van der Waals surface area contributed by atoms with E-state index in [1.165, 1.54) is 17.7 Å². The van der Waals surface area contributed by atoms with Gasteiger partial charge in [-0.15, -0.1) is 0 Å². The molecule has 1 fully saturated rings. The molecule has 0 radical (unpaired) electrons. The monoisotopic (exact) mass is 421 g/mol. The van der Waals surface area contributed by atoms with E-state index in [1.54, 1.807) is 11.1 Å². The van der Waals surface area contributed by atoms with E-state index in [0.29, 0.717) is 23.7 Å². The van der Waals surface area contributed by atoms with Gasteiger partial charge in [0, 0.05) is 23.8 Å². The summed E-state index contributed by atoms with van der Waals surface area (Å²) < 4.78 is 13.4. The zero-order chi connectivity index (χ0) is 20.7. The molecule has 2 heterocycles. The number of halogens is 2. The number of hydrogen-bond acceptors (Lipinski definition) is 3. The number of carbonyl (C=O) groups is 1. The lowest BCUT2D eigenvalue weighted by atomic mass is 9.88. The average Bonchev–Trinajstić information content (AvgIpc) is 3.07. The molecule has 152 valence electrons. The summed E-state index contributed by atoms with van der Waals surface area (Å²) in [6, 6.07) is 22.7. The summed E-state index contributed by atoms with van der Waals surface area (Å²) in [5, 5.41) is 1.95. The van der Waals surface area contributed by atoms with E-state index in [1.807, 2.05) is 30.3 Å². The summed E-state index contributed by atoms with van der Waals surface area (Å²) >= 11 is 6.19. The van der Waals surface area contributed by atoms with E-state index in [9.17, 15) is 9.18 Å². The molecule has 2 atom stereocenters. The lowest BCUT2D eigenvalue weighted by molar-refractivity contribution is -0.132. The number of carbonyl (C=O) groups excluding carboxylic acids is 1. The Morgan fingerprint density at radius 2 is 1.77 bits per heavy atom. The molecule has 2 aliphatic rings. The molecule has 3 aromatic rings. The summed E-state index contributed by atoms with van der Waals surface area (Å²) in [6.07, 6.45) is 0. The number of anilines is 1. The number of nitrogens with one attached hydrogen (secondary N) is 1. The molecule has 1 N–H and O–H groups in total. The zero-order valence-corrected chi connectivity index (χ0v) is 17.0. The Kier molecular flexibility index (Phi) is 4.93. The van der Waals surface area contributed by atoms with Crippen LogP contribution < -0.4 is 10.3 Å². The number of hydrogen-bond donors (Lipinski definition) is 1. The molecule has 5 rings (SSSR count). The van der Waals surface area contributed by atoms with Crippen LogP contribution in [0.15, 0.2) is 72.8 Å². The van der Waals surface area contributed by atoms with Gasteiger partial charge in [-0.3, -0.25) is 9.80 Å². The third-order valence-electron chi connectivity index (χ3n) is 5.87. The highest BCUT2D eigenvalue weighted by atomic mass is 35.5. The fourth-order valence-corrected chi connectivity index (χ4v) is 4.63. The van der Waals surface area contributed by atoms with Crippen molar-refractivity contribution in [2.45, 2.75) is 19.1 Å². The highest BCUT2D eigenvalue weighted by molar-refractivity contribution is 6.31. The average molecular weight is 422 g/mol. The Bertz CT molecular complexity index is 1090. The first-order valence-electron chi connectivity index (χ1n) is 9.99. The second kappa shape index (κ2) is 7.74. The van der Waals surface area contributed by atoms with Crippen molar-refractivity contribution in [1.29, 1.82) is 0 Å². The molecule has 0 aromatic heterocycles. The lowest BCUT2D eigenvalue weighted by Gasteiger charge is -2.36. The van der Waals surface area contributed by atoms with Gasteiger partial charge < -0.3 is 4.90 Å². The molecule has 1 amide bonds. The minimum absolute atomic E-state index is 0.0351. The number of rotatable bonds is 4. The number of amides is 1. The summed E-state index contributed by atoms with van der Waals surface area (Å²) in [5.74, 6) is -0.542. The summed E-state index contributed by atoms with van der Waals surface area (Å²) in [6.45, 7) is 1.68. The van der Waals surface area contributed by atoms with Crippen LogP contribution in [0.5, 0.6) is 0 Å². The van der Waals surface area contributed by atoms with E-state index in [4.69, 9.17) is 11.6 Å². The van der Waals surface area contributed by atoms with Crippen LogP contribution in [0, 0.1) is 11.7 Å². The number of benzene rings is 3. The summed E-state index contributed by atoms with van der Waals surface area (Å²) in [4.78, 5) is 15.5. The molecular formula is C24H21ClFN3O. The van der Waals surface area contributed by atoms with Crippen LogP contribution in [0.3, 0.4) is 0 Å². The minimum atomic E-state index is -0.386. The first-order chi connectivity index (χ1) is 14.6. The SMILES string of the molecule is O=C1C2CN(Cc3ccccc3)c3ccccc3C2NN1Cc1ccc(F)cc1Cl. The number of para-hydroxylation sites is 1. The molecule has 6 heteroatoms. The lowest BCUT2D eigenvalue weighted by Crippen LogP contribution is -2.39. The third-order valence-corrected chi connectivity index (χ3v) is 6.22. The van der Waals surface area contributed by atoms with Crippen molar-refractivity contribution in [3.05, 3.63) is 100 Å². The van der Waals surface area contributed by atoms with Crippen LogP contribution in [0.2, 0.25) is 5.02 Å². The smallest absolute Gasteiger partial charge is 0.243 e. The first-order valence-corrected chi connectivity index (χ1v) is 10.4. The van der Waals surface area contributed by atoms with Gasteiger partial charge in [0.2, 0.25) is 5.91 Å². The van der Waals surface area contributed by atoms with Gasteiger partial charge >= 0.3 is 0 Å². The highest BCUT2D eigenvalue weighted by Gasteiger charge is 2.45. The Morgan fingerprint density at radius 3 is 2.57 bits per heavy atom. The van der Waals surface area contributed by atoms with E-state index in [-0.39, 0.29) is 23.7 Å². The van der Waals surface area contributed by atoms with Crippen LogP contribution in [0.25, 0.3) is 0 Å². The molecule has 0 saturated carbocycles. The van der Waals surface area contributed by atoms with E-state index in [2.05, 4.69) is 34.6 Å². The van der Waals surface area contributed by atoms with Gasteiger partial charge in [-0.05, 0) is 34.9 Å². The maximum Gasteiger partial charge on any atom is 0.243 e. The summed E-state index contributed by atoms with van der Waals surface area (Å²) in [5.41, 5.74) is 7.56. The maximum absolute atomic E-state index is 13.4. The number of hydrazine groups is 1. The van der Waals surface area contributed by atoms with Crippen molar-refractivity contribution in [3.63, 3.8) is 0 Å². The predicted molar refractivity (Wildman–Crippen MR) is 115 cm³/mol. The topological polar surface area (TPSA) is 35.6 Å². The van der Waals surface area contributed by atoms with Gasteiger partial charge in [-0.2, -0.15) is 0 Å². The third kappa shape index (κ3) is 3.44. The Labute approximate surface area is 179 Å². The number of fused-ring (bicyclic) bond motifs is 3. The summed E-state index contributed by atoms with van der Waals surface area (Å²) in [7, 11) is 0. The van der Waals surface area contributed by atoms with E-state index in [0.717, 1.165) is 17.8 Å². The van der Waals surface area contributed by atoms with Crippen molar-refractivity contribution in [1.82, 2.24) is 10.4 Å². The Hall–Kier alpha value is -2.89. The molecule has 2 unspecified atom stereocenters. The van der Waals surface area contributed by atoms with Crippen molar-refractivity contribution < 1.29 is 9.18 Å². The standard InChI is InChI=1S/C24H21ClFN3O/c25-21-12-18(26)11-10-17(21)14-29-24(30)20-15-28(13-16-6-2-1-3-7-16)22-9-5-4-8-19(22)23(20)27-29/h1-12,20,23,27H,13-15H2. The van der Waals surface area contributed by atoms with Crippen molar-refractivity contribution in [3.8, 4) is 0 Å². The zero-order valence-electron chi connectivity index (χ0n) is 16.3. The molecule has 0 spiro atoms. The highest BCUT2D eigenvalue weighted by Crippen LogP contribution is 2.42. The Balaban J connectivity index is 1.43. The van der Waals surface area contributed by atoms with Gasteiger partial charge in [0.25, 0.3) is 0 Å². The van der Waals surface area contributed by atoms with E-state index >= 15 is 0 Å². The van der Waals surface area contributed by atoms with Crippen LogP contribution in [-0.4, -0.2) is 17.5 Å². The first kappa shape index (κ1) is 19.1. The number of nitrogens with zero attached hydrogens (tertiary/aromatic N) is 2. The molecule has 0 bridgehead atoms. The van der Waals surface area contributed by atoms with Gasteiger partial charge in [-0.1, -0.05) is 66.2 Å². The fraction of sp³-hybridized carbons (Fsp3) is 0.208. The van der Waals surface area contributed by atoms with Crippen LogP contribution in [-0.2, 0) is 17.9 Å². The van der Waals surface area contributed by atoms with E-state index < -0.39 is 0 Å². The Morgan fingerprint density at radius 1 is 1.00 bits per heavy atom. The second-order valence-corrected chi connectivity index (χ2v) is 8.21. The molecule has 2 aliphatic heterocycles. The molecular weight excluding hydrogens is 401 g/mol. The quantitative estimate of drug-likeness (QED) is 0.663. The van der Waals surface area contributed by atoms with Gasteiger partial charge in [0.05, 0.1) is 18.5 Å². The van der Waals surface area contributed by atoms with Gasteiger partial charge in [-0.25, -0.2) is 9.82 Å². The molecule has 1 saturated heterocycles. The predicted octanol–water partition coefficient (Wildman–Crippen LogP) is 4.70. The molecule has 0 aliphatic carbocycles. The molecule has 30 heavy (non-hydrogen) atoms. The second-order valence-electron chi connectivity index (χ2n) is 7.80. The van der Waals surface area contributed by atoms with Gasteiger partial charge in [0.15, 0.2) is 0 Å². The maximum atomic E-state index is 13.4. The van der Waals surface area contributed by atoms with Crippen LogP contribution in [0.4, 0.5) is 10.1 Å². The largest absolute Gasteiger partial charge is 0.366 e. The normalized spacial score (nSPS) is 20.3. The van der Waals surface area contributed by atoms with Crippen molar-refractivity contribution in [2.75, 3.05) is 11.4 Å². The fourth-order valence-electron chi connectivity index (χ4n) is 4.41. The van der Waals surface area contributed by atoms with Crippen molar-refractivity contribution in [2.24, 2.45) is 5.92 Å². The van der Waals surface area contributed by atoms with Crippen molar-refractivity contribution >= 4 is 23.2 Å².